The van der Waals surface area contributed by atoms with Crippen LogP contribution < -0.4 is 10.6 Å². The van der Waals surface area contributed by atoms with Gasteiger partial charge in [-0.3, -0.25) is 14.9 Å². The molecule has 6 heteroatoms. The number of anilines is 1. The van der Waals surface area contributed by atoms with E-state index in [1.165, 1.54) is 6.20 Å². The predicted molar refractivity (Wildman–Crippen MR) is 79.5 cm³/mol. The van der Waals surface area contributed by atoms with Crippen molar-refractivity contribution in [3.05, 3.63) is 40.5 Å². The first kappa shape index (κ1) is 15.9. The second-order valence-electron chi connectivity index (χ2n) is 3.95. The van der Waals surface area contributed by atoms with Crippen LogP contribution in [0.3, 0.4) is 0 Å². The Morgan fingerprint density at radius 2 is 2.20 bits per heavy atom. The summed E-state index contributed by atoms with van der Waals surface area (Å²) in [5.41, 5.74) is 0.564. The van der Waals surface area contributed by atoms with Gasteiger partial charge in [0.1, 0.15) is 11.6 Å². The van der Waals surface area contributed by atoms with Crippen molar-refractivity contribution in [3.63, 3.8) is 0 Å². The Morgan fingerprint density at radius 3 is 2.80 bits per heavy atom. The minimum absolute atomic E-state index is 0.158. The molecule has 0 aliphatic rings. The van der Waals surface area contributed by atoms with E-state index in [4.69, 9.17) is 5.26 Å². The number of benzene rings is 1. The van der Waals surface area contributed by atoms with Gasteiger partial charge in [-0.15, -0.1) is 0 Å². The minimum Gasteiger partial charge on any atom is -0.360 e. The van der Waals surface area contributed by atoms with E-state index in [2.05, 4.69) is 26.6 Å². The molecule has 20 heavy (non-hydrogen) atoms. The van der Waals surface area contributed by atoms with Crippen molar-refractivity contribution in [1.29, 1.82) is 5.26 Å². The number of nitriles is 1. The van der Waals surface area contributed by atoms with E-state index in [1.807, 2.05) is 19.1 Å². The standard InChI is InChI=1S/C14H14BrN3O2/c1-2-4-13(19)18-14(20)10(8-16)9-17-12-6-3-5-11(15)7-12/h3,5-7,9,17H,2,4H2,1H3,(H,18,19,20). The fourth-order valence-corrected chi connectivity index (χ4v) is 1.77. The average Bonchev–Trinajstić information content (AvgIpc) is 2.39. The van der Waals surface area contributed by atoms with Crippen molar-refractivity contribution < 1.29 is 9.59 Å². The van der Waals surface area contributed by atoms with E-state index in [0.29, 0.717) is 6.42 Å². The van der Waals surface area contributed by atoms with Gasteiger partial charge < -0.3 is 5.32 Å². The highest BCUT2D eigenvalue weighted by Crippen LogP contribution is 2.15. The molecule has 0 aromatic heterocycles. The summed E-state index contributed by atoms with van der Waals surface area (Å²) in [6.07, 6.45) is 2.17. The predicted octanol–water partition coefficient (Wildman–Crippen LogP) is 2.71. The van der Waals surface area contributed by atoms with Gasteiger partial charge in [0.25, 0.3) is 5.91 Å². The topological polar surface area (TPSA) is 82.0 Å². The zero-order chi connectivity index (χ0) is 15.0. The molecule has 0 heterocycles. The van der Waals surface area contributed by atoms with E-state index >= 15 is 0 Å². The van der Waals surface area contributed by atoms with Crippen molar-refractivity contribution >= 4 is 33.4 Å². The second kappa shape index (κ2) is 8.12. The van der Waals surface area contributed by atoms with Crippen LogP contribution in [0.1, 0.15) is 19.8 Å². The second-order valence-corrected chi connectivity index (χ2v) is 4.87. The number of nitrogens with one attached hydrogen (secondary N) is 2. The van der Waals surface area contributed by atoms with Crippen LogP contribution in [0.15, 0.2) is 40.5 Å². The summed E-state index contributed by atoms with van der Waals surface area (Å²) in [7, 11) is 0. The molecular formula is C14H14BrN3O2. The Bertz CT molecular complexity index is 576. The van der Waals surface area contributed by atoms with Gasteiger partial charge in [0.2, 0.25) is 5.91 Å². The Balaban J connectivity index is 2.70. The number of hydrogen-bond donors (Lipinski definition) is 2. The normalized spacial score (nSPS) is 10.6. The fourth-order valence-electron chi connectivity index (χ4n) is 1.37. The molecule has 0 spiro atoms. The van der Waals surface area contributed by atoms with E-state index in [0.717, 1.165) is 10.2 Å². The molecule has 1 aromatic rings. The summed E-state index contributed by atoms with van der Waals surface area (Å²) in [6.45, 7) is 1.83. The molecule has 2 N–H and O–H groups in total. The molecule has 0 atom stereocenters. The van der Waals surface area contributed by atoms with E-state index in [-0.39, 0.29) is 17.9 Å². The third kappa shape index (κ3) is 5.24. The summed E-state index contributed by atoms with van der Waals surface area (Å²) < 4.78 is 0.872. The molecule has 0 aliphatic carbocycles. The van der Waals surface area contributed by atoms with Crippen molar-refractivity contribution in [2.75, 3.05) is 5.32 Å². The summed E-state index contributed by atoms with van der Waals surface area (Å²) in [5.74, 6) is -1.09. The molecule has 0 bridgehead atoms. The van der Waals surface area contributed by atoms with Crippen LogP contribution in [-0.4, -0.2) is 11.8 Å². The zero-order valence-electron chi connectivity index (χ0n) is 10.9. The molecular weight excluding hydrogens is 322 g/mol. The van der Waals surface area contributed by atoms with Crippen molar-refractivity contribution in [1.82, 2.24) is 5.32 Å². The van der Waals surface area contributed by atoms with E-state index in [9.17, 15) is 9.59 Å². The third-order valence-corrected chi connectivity index (χ3v) is 2.80. The van der Waals surface area contributed by atoms with Crippen LogP contribution in [0, 0.1) is 11.3 Å². The molecule has 104 valence electrons. The molecule has 0 aliphatic heterocycles. The zero-order valence-corrected chi connectivity index (χ0v) is 12.5. The van der Waals surface area contributed by atoms with Gasteiger partial charge in [-0.05, 0) is 24.6 Å². The average molecular weight is 336 g/mol. The van der Waals surface area contributed by atoms with Crippen molar-refractivity contribution in [2.45, 2.75) is 19.8 Å². The molecule has 1 rings (SSSR count). The summed E-state index contributed by atoms with van der Waals surface area (Å²) in [4.78, 5) is 23.0. The molecule has 2 amide bonds. The first-order chi connectivity index (χ1) is 9.56. The lowest BCUT2D eigenvalue weighted by molar-refractivity contribution is -0.128. The number of rotatable bonds is 5. The smallest absolute Gasteiger partial charge is 0.269 e. The number of nitrogens with zero attached hydrogens (tertiary/aromatic N) is 1. The molecule has 0 saturated carbocycles. The maximum absolute atomic E-state index is 11.7. The van der Waals surface area contributed by atoms with Crippen LogP contribution in [-0.2, 0) is 9.59 Å². The quantitative estimate of drug-likeness (QED) is 0.640. The van der Waals surface area contributed by atoms with E-state index in [1.54, 1.807) is 18.2 Å². The van der Waals surface area contributed by atoms with Gasteiger partial charge >= 0.3 is 0 Å². The lowest BCUT2D eigenvalue weighted by Gasteiger charge is -2.04. The van der Waals surface area contributed by atoms with Gasteiger partial charge in [0, 0.05) is 22.8 Å². The molecule has 0 fully saturated rings. The maximum Gasteiger partial charge on any atom is 0.269 e. The highest BCUT2D eigenvalue weighted by molar-refractivity contribution is 9.10. The highest BCUT2D eigenvalue weighted by atomic mass is 79.9. The SMILES string of the molecule is CCCC(=O)NC(=O)C(C#N)=CNc1cccc(Br)c1. The molecule has 0 unspecified atom stereocenters. The summed E-state index contributed by atoms with van der Waals surface area (Å²) in [5, 5.41) is 13.9. The van der Waals surface area contributed by atoms with Gasteiger partial charge in [-0.2, -0.15) is 5.26 Å². The Kier molecular flexibility index (Phi) is 6.47. The van der Waals surface area contributed by atoms with Gasteiger partial charge in [0.05, 0.1) is 0 Å². The Morgan fingerprint density at radius 1 is 1.45 bits per heavy atom. The van der Waals surface area contributed by atoms with E-state index < -0.39 is 5.91 Å². The van der Waals surface area contributed by atoms with Crippen molar-refractivity contribution in [2.24, 2.45) is 0 Å². The van der Waals surface area contributed by atoms with Gasteiger partial charge in [-0.25, -0.2) is 0 Å². The first-order valence-electron chi connectivity index (χ1n) is 6.03. The highest BCUT2D eigenvalue weighted by Gasteiger charge is 2.12. The molecule has 1 aromatic carbocycles. The Hall–Kier alpha value is -2.13. The van der Waals surface area contributed by atoms with Crippen LogP contribution >= 0.6 is 15.9 Å². The lowest BCUT2D eigenvalue weighted by Crippen LogP contribution is -2.31. The summed E-state index contributed by atoms with van der Waals surface area (Å²) >= 11 is 3.32. The number of hydrogen-bond acceptors (Lipinski definition) is 4. The Labute approximate surface area is 125 Å². The number of carbonyl (C=O) groups is 2. The van der Waals surface area contributed by atoms with Crippen LogP contribution in [0.5, 0.6) is 0 Å². The number of halogens is 1. The number of imide groups is 1. The molecule has 5 nitrogen and oxygen atoms in total. The number of carbonyl (C=O) groups excluding carboxylic acids is 2. The van der Waals surface area contributed by atoms with Crippen molar-refractivity contribution in [3.8, 4) is 6.07 Å². The fraction of sp³-hybridized carbons (Fsp3) is 0.214. The first-order valence-corrected chi connectivity index (χ1v) is 6.82. The largest absolute Gasteiger partial charge is 0.360 e. The maximum atomic E-state index is 11.7. The van der Waals surface area contributed by atoms with Crippen LogP contribution in [0.2, 0.25) is 0 Å². The van der Waals surface area contributed by atoms with Crippen LogP contribution in [0.25, 0.3) is 0 Å². The molecule has 0 radical (unpaired) electrons. The lowest BCUT2D eigenvalue weighted by atomic mass is 10.2. The van der Waals surface area contributed by atoms with Gasteiger partial charge in [0.15, 0.2) is 0 Å². The van der Waals surface area contributed by atoms with Crippen LogP contribution in [0.4, 0.5) is 5.69 Å². The third-order valence-electron chi connectivity index (χ3n) is 2.30. The molecule has 0 saturated heterocycles. The summed E-state index contributed by atoms with van der Waals surface area (Å²) in [6, 6.07) is 9.02. The number of amides is 2. The van der Waals surface area contributed by atoms with Gasteiger partial charge in [-0.1, -0.05) is 28.9 Å². The minimum atomic E-state index is -0.701. The monoisotopic (exact) mass is 335 g/mol.